The smallest absolute Gasteiger partial charge is 0.183 e. The lowest BCUT2D eigenvalue weighted by Crippen LogP contribution is -2.07. The van der Waals surface area contributed by atoms with Gasteiger partial charge >= 0.3 is 0 Å². The molecule has 0 spiro atoms. The van der Waals surface area contributed by atoms with Gasteiger partial charge in [0.05, 0.1) is 15.7 Å². The van der Waals surface area contributed by atoms with Crippen molar-refractivity contribution in [3.8, 4) is 6.19 Å². The molecule has 1 aromatic rings. The van der Waals surface area contributed by atoms with Crippen molar-refractivity contribution < 1.29 is 0 Å². The summed E-state index contributed by atoms with van der Waals surface area (Å²) in [5.41, 5.74) is 0.729. The number of nitrogens with zero attached hydrogens (tertiary/aromatic N) is 2. The topological polar surface area (TPSA) is 27.0 Å². The van der Waals surface area contributed by atoms with Crippen LogP contribution in [0.2, 0.25) is 10.0 Å². The van der Waals surface area contributed by atoms with Crippen LogP contribution in [0.25, 0.3) is 0 Å². The molecule has 0 unspecified atom stereocenters. The van der Waals surface area contributed by atoms with E-state index < -0.39 is 0 Å². The van der Waals surface area contributed by atoms with E-state index in [0.717, 1.165) is 5.69 Å². The Kier molecular flexibility index (Phi) is 2.80. The molecule has 0 aromatic heterocycles. The Labute approximate surface area is 80.9 Å². The molecule has 4 heteroatoms. The zero-order valence-corrected chi connectivity index (χ0v) is 7.89. The maximum atomic E-state index is 8.55. The van der Waals surface area contributed by atoms with Crippen molar-refractivity contribution in [3.05, 3.63) is 28.2 Å². The Bertz CT molecular complexity index is 330. The summed E-state index contributed by atoms with van der Waals surface area (Å²) in [4.78, 5) is 1.40. The average Bonchev–Trinajstić information content (AvgIpc) is 2.08. The van der Waals surface area contributed by atoms with Crippen molar-refractivity contribution in [2.24, 2.45) is 0 Å². The third-order valence-electron chi connectivity index (χ3n) is 1.44. The van der Waals surface area contributed by atoms with E-state index in [-0.39, 0.29) is 0 Å². The third-order valence-corrected chi connectivity index (χ3v) is 2.18. The molecule has 0 aliphatic heterocycles. The van der Waals surface area contributed by atoms with E-state index in [1.807, 2.05) is 6.19 Å². The number of halogens is 2. The van der Waals surface area contributed by atoms with Crippen LogP contribution in [0.4, 0.5) is 5.69 Å². The molecule has 0 atom stereocenters. The van der Waals surface area contributed by atoms with Crippen molar-refractivity contribution in [1.29, 1.82) is 5.26 Å². The lowest BCUT2D eigenvalue weighted by atomic mass is 10.3. The monoisotopic (exact) mass is 200 g/mol. The second kappa shape index (κ2) is 3.66. The van der Waals surface area contributed by atoms with Crippen molar-refractivity contribution in [1.82, 2.24) is 0 Å². The zero-order valence-electron chi connectivity index (χ0n) is 6.38. The summed E-state index contributed by atoms with van der Waals surface area (Å²) in [6.45, 7) is 0. The Hall–Kier alpha value is -0.910. The highest BCUT2D eigenvalue weighted by Gasteiger charge is 2.02. The molecule has 0 radical (unpaired) electrons. The summed E-state index contributed by atoms with van der Waals surface area (Å²) < 4.78 is 0. The maximum Gasteiger partial charge on any atom is 0.183 e. The molecule has 62 valence electrons. The highest BCUT2D eigenvalue weighted by atomic mass is 35.5. The first-order valence-electron chi connectivity index (χ1n) is 3.23. The number of hydrogen-bond donors (Lipinski definition) is 0. The van der Waals surface area contributed by atoms with Crippen LogP contribution in [-0.2, 0) is 0 Å². The van der Waals surface area contributed by atoms with Gasteiger partial charge in [-0.3, -0.25) is 4.90 Å². The van der Waals surface area contributed by atoms with Gasteiger partial charge in [0.2, 0.25) is 0 Å². The van der Waals surface area contributed by atoms with E-state index in [9.17, 15) is 0 Å². The summed E-state index contributed by atoms with van der Waals surface area (Å²) in [5, 5.41) is 9.50. The van der Waals surface area contributed by atoms with E-state index in [1.54, 1.807) is 25.2 Å². The fourth-order valence-corrected chi connectivity index (χ4v) is 1.04. The van der Waals surface area contributed by atoms with Crippen LogP contribution in [0.1, 0.15) is 0 Å². The molecule has 0 N–H and O–H groups in total. The first kappa shape index (κ1) is 9.18. The fraction of sp³-hybridized carbons (Fsp3) is 0.125. The number of nitriles is 1. The minimum absolute atomic E-state index is 0.455. The minimum Gasteiger partial charge on any atom is -0.283 e. The molecule has 0 aliphatic rings. The Morgan fingerprint density at radius 3 is 2.50 bits per heavy atom. The normalized spacial score (nSPS) is 9.17. The van der Waals surface area contributed by atoms with Gasteiger partial charge in [0.15, 0.2) is 6.19 Å². The summed E-state index contributed by atoms with van der Waals surface area (Å²) in [6.07, 6.45) is 1.96. The molecule has 0 bridgehead atoms. The van der Waals surface area contributed by atoms with E-state index in [2.05, 4.69) is 0 Å². The summed E-state index contributed by atoms with van der Waals surface area (Å²) in [7, 11) is 1.65. The first-order chi connectivity index (χ1) is 5.65. The standard InChI is InChI=1S/C8H6Cl2N2/c1-12(5-11)6-2-3-7(9)8(10)4-6/h2-4H,1H3. The van der Waals surface area contributed by atoms with Crippen molar-refractivity contribution in [2.75, 3.05) is 11.9 Å². The SMILES string of the molecule is CN(C#N)c1ccc(Cl)c(Cl)c1. The van der Waals surface area contributed by atoms with Crippen molar-refractivity contribution >= 4 is 28.9 Å². The summed E-state index contributed by atoms with van der Waals surface area (Å²) >= 11 is 11.4. The lowest BCUT2D eigenvalue weighted by Gasteiger charge is -2.08. The fourth-order valence-electron chi connectivity index (χ4n) is 0.751. The molecule has 2 nitrogen and oxygen atoms in total. The van der Waals surface area contributed by atoms with Gasteiger partial charge < -0.3 is 0 Å². The van der Waals surface area contributed by atoms with Crippen molar-refractivity contribution in [2.45, 2.75) is 0 Å². The molecule has 12 heavy (non-hydrogen) atoms. The van der Waals surface area contributed by atoms with E-state index in [1.165, 1.54) is 4.90 Å². The predicted molar refractivity (Wildman–Crippen MR) is 50.5 cm³/mol. The van der Waals surface area contributed by atoms with E-state index in [4.69, 9.17) is 28.5 Å². The second-order valence-corrected chi connectivity index (χ2v) is 3.07. The molecular formula is C8H6Cl2N2. The number of rotatable bonds is 1. The van der Waals surface area contributed by atoms with Crippen LogP contribution in [-0.4, -0.2) is 7.05 Å². The third kappa shape index (κ3) is 1.82. The van der Waals surface area contributed by atoms with Gasteiger partial charge in [0.25, 0.3) is 0 Å². The molecule has 0 aliphatic carbocycles. The maximum absolute atomic E-state index is 8.55. The zero-order chi connectivity index (χ0) is 9.14. The van der Waals surface area contributed by atoms with E-state index >= 15 is 0 Å². The van der Waals surface area contributed by atoms with Gasteiger partial charge in [0.1, 0.15) is 0 Å². The number of anilines is 1. The van der Waals surface area contributed by atoms with Crippen LogP contribution >= 0.6 is 23.2 Å². The molecule has 0 saturated carbocycles. The Balaban J connectivity index is 3.06. The van der Waals surface area contributed by atoms with Crippen LogP contribution in [0, 0.1) is 11.5 Å². The highest BCUT2D eigenvalue weighted by Crippen LogP contribution is 2.26. The molecule has 1 rings (SSSR count). The molecule has 0 heterocycles. The first-order valence-corrected chi connectivity index (χ1v) is 3.99. The van der Waals surface area contributed by atoms with Gasteiger partial charge in [-0.25, -0.2) is 0 Å². The largest absolute Gasteiger partial charge is 0.283 e. The van der Waals surface area contributed by atoms with Gasteiger partial charge in [-0.15, -0.1) is 0 Å². The molecule has 1 aromatic carbocycles. The molecule has 0 fully saturated rings. The predicted octanol–water partition coefficient (Wildman–Crippen LogP) is 2.91. The highest BCUT2D eigenvalue weighted by molar-refractivity contribution is 6.42. The molecule has 0 amide bonds. The minimum atomic E-state index is 0.455. The van der Waals surface area contributed by atoms with Crippen LogP contribution in [0.15, 0.2) is 18.2 Å². The van der Waals surface area contributed by atoms with Gasteiger partial charge in [-0.2, -0.15) is 5.26 Å². The van der Waals surface area contributed by atoms with Crippen molar-refractivity contribution in [3.63, 3.8) is 0 Å². The van der Waals surface area contributed by atoms with Gasteiger partial charge in [-0.1, -0.05) is 23.2 Å². The summed E-state index contributed by atoms with van der Waals surface area (Å²) in [6, 6.07) is 5.04. The van der Waals surface area contributed by atoms with Crippen LogP contribution in [0.5, 0.6) is 0 Å². The second-order valence-electron chi connectivity index (χ2n) is 2.26. The summed E-state index contributed by atoms with van der Waals surface area (Å²) in [5.74, 6) is 0. The van der Waals surface area contributed by atoms with Crippen LogP contribution in [0.3, 0.4) is 0 Å². The molecular weight excluding hydrogens is 195 g/mol. The Morgan fingerprint density at radius 1 is 1.33 bits per heavy atom. The average molecular weight is 201 g/mol. The van der Waals surface area contributed by atoms with Crippen LogP contribution < -0.4 is 4.90 Å². The lowest BCUT2D eigenvalue weighted by molar-refractivity contribution is 1.20. The quantitative estimate of drug-likeness (QED) is 0.515. The van der Waals surface area contributed by atoms with E-state index in [0.29, 0.717) is 10.0 Å². The van der Waals surface area contributed by atoms with Gasteiger partial charge in [-0.05, 0) is 18.2 Å². The number of benzene rings is 1. The Morgan fingerprint density at radius 2 is 2.00 bits per heavy atom. The molecule has 0 saturated heterocycles. The number of hydrogen-bond acceptors (Lipinski definition) is 2. The van der Waals surface area contributed by atoms with Gasteiger partial charge in [0, 0.05) is 7.05 Å².